The first-order chi connectivity index (χ1) is 9.88. The summed E-state index contributed by atoms with van der Waals surface area (Å²) in [5.74, 6) is 0. The van der Waals surface area contributed by atoms with E-state index in [1.807, 2.05) is 6.07 Å². The van der Waals surface area contributed by atoms with Crippen LogP contribution in [-0.4, -0.2) is 4.98 Å². The Kier molecular flexibility index (Phi) is 4.17. The van der Waals surface area contributed by atoms with Gasteiger partial charge in [-0.15, -0.1) is 11.3 Å². The Morgan fingerprint density at radius 1 is 0.905 bits per heavy atom. The number of pyridine rings is 1. The van der Waals surface area contributed by atoms with Gasteiger partial charge in [0.15, 0.2) is 23.9 Å². The molecule has 0 bridgehead atoms. The zero-order valence-electron chi connectivity index (χ0n) is 11.2. The molecule has 0 amide bonds. The van der Waals surface area contributed by atoms with E-state index in [0.29, 0.717) is 0 Å². The summed E-state index contributed by atoms with van der Waals surface area (Å²) in [4.78, 5) is 4.69. The molecule has 2 aromatic carbocycles. The van der Waals surface area contributed by atoms with E-state index < -0.39 is 0 Å². The normalized spacial score (nSPS) is 10.7. The SMILES string of the molecule is [I-].c1ccc2c[n+](Cc3nc4ccccc4s3)ccc2c1. The Morgan fingerprint density at radius 2 is 1.67 bits per heavy atom. The number of fused-ring (bicyclic) bond motifs is 2. The molecule has 2 heterocycles. The Hall–Kier alpha value is -1.53. The maximum absolute atomic E-state index is 4.69. The van der Waals surface area contributed by atoms with Gasteiger partial charge in [0.05, 0.1) is 10.2 Å². The molecule has 0 unspecified atom stereocenters. The van der Waals surface area contributed by atoms with Crippen LogP contribution in [0.1, 0.15) is 5.01 Å². The third-order valence-corrected chi connectivity index (χ3v) is 4.42. The summed E-state index contributed by atoms with van der Waals surface area (Å²) in [5, 5.41) is 3.68. The van der Waals surface area contributed by atoms with Crippen LogP contribution >= 0.6 is 11.3 Å². The smallest absolute Gasteiger partial charge is 0.199 e. The Labute approximate surface area is 144 Å². The number of para-hydroxylation sites is 1. The van der Waals surface area contributed by atoms with Crippen LogP contribution < -0.4 is 28.5 Å². The summed E-state index contributed by atoms with van der Waals surface area (Å²) in [6, 6.07) is 18.9. The van der Waals surface area contributed by atoms with E-state index in [1.165, 1.54) is 15.5 Å². The average molecular weight is 404 g/mol. The van der Waals surface area contributed by atoms with Crippen LogP contribution in [0.2, 0.25) is 0 Å². The van der Waals surface area contributed by atoms with E-state index in [2.05, 4.69) is 70.5 Å². The molecular formula is C17H13IN2S. The first-order valence-electron chi connectivity index (χ1n) is 6.61. The monoisotopic (exact) mass is 404 g/mol. The highest BCUT2D eigenvalue weighted by Gasteiger charge is 2.09. The number of rotatable bonds is 2. The number of nitrogens with zero attached hydrogens (tertiary/aromatic N) is 2. The van der Waals surface area contributed by atoms with Crippen LogP contribution in [-0.2, 0) is 6.54 Å². The van der Waals surface area contributed by atoms with Crippen molar-refractivity contribution in [1.82, 2.24) is 4.98 Å². The molecule has 0 saturated carbocycles. The lowest BCUT2D eigenvalue weighted by Crippen LogP contribution is -3.00. The van der Waals surface area contributed by atoms with Gasteiger partial charge in [0.25, 0.3) is 0 Å². The van der Waals surface area contributed by atoms with E-state index in [0.717, 1.165) is 17.1 Å². The van der Waals surface area contributed by atoms with Gasteiger partial charge >= 0.3 is 0 Å². The van der Waals surface area contributed by atoms with Crippen LogP contribution in [0, 0.1) is 0 Å². The van der Waals surface area contributed by atoms with Crippen LogP contribution in [0.25, 0.3) is 21.0 Å². The fourth-order valence-corrected chi connectivity index (χ4v) is 3.40. The Bertz CT molecular complexity index is 868. The minimum atomic E-state index is 0. The largest absolute Gasteiger partial charge is 1.00 e. The molecule has 0 saturated heterocycles. The molecule has 0 aliphatic heterocycles. The second kappa shape index (κ2) is 6.07. The van der Waals surface area contributed by atoms with Gasteiger partial charge in [-0.05, 0) is 23.6 Å². The highest BCUT2D eigenvalue weighted by atomic mass is 127. The standard InChI is InChI=1S/C17H13N2S.HI/c1-2-6-14-11-19(10-9-13(14)5-1)12-17-18-15-7-3-4-8-16(15)20-17;/h1-11H,12H2;1H/q+1;/p-1. The predicted octanol–water partition coefficient (Wildman–Crippen LogP) is 0.789. The lowest BCUT2D eigenvalue weighted by atomic mass is 10.2. The lowest BCUT2D eigenvalue weighted by Gasteiger charge is -1.97. The van der Waals surface area contributed by atoms with E-state index in [9.17, 15) is 0 Å². The van der Waals surface area contributed by atoms with E-state index >= 15 is 0 Å². The molecule has 2 aromatic heterocycles. The third kappa shape index (κ3) is 2.91. The molecule has 2 nitrogen and oxygen atoms in total. The van der Waals surface area contributed by atoms with Crippen molar-refractivity contribution >= 4 is 32.3 Å². The molecular weight excluding hydrogens is 391 g/mol. The minimum Gasteiger partial charge on any atom is -1.00 e. The summed E-state index contributed by atoms with van der Waals surface area (Å²) >= 11 is 1.77. The van der Waals surface area contributed by atoms with Crippen molar-refractivity contribution in [2.75, 3.05) is 0 Å². The minimum absolute atomic E-state index is 0. The summed E-state index contributed by atoms with van der Waals surface area (Å²) in [7, 11) is 0. The van der Waals surface area contributed by atoms with Crippen molar-refractivity contribution in [2.45, 2.75) is 6.54 Å². The molecule has 4 rings (SSSR count). The van der Waals surface area contributed by atoms with Crippen molar-refractivity contribution in [1.29, 1.82) is 0 Å². The molecule has 0 spiro atoms. The molecule has 0 aliphatic carbocycles. The number of benzene rings is 2. The molecule has 0 atom stereocenters. The Morgan fingerprint density at radius 3 is 2.52 bits per heavy atom. The van der Waals surface area contributed by atoms with Crippen molar-refractivity contribution in [2.24, 2.45) is 0 Å². The fourth-order valence-electron chi connectivity index (χ4n) is 2.42. The van der Waals surface area contributed by atoms with Gasteiger partial charge in [0.2, 0.25) is 0 Å². The molecule has 0 aliphatic rings. The first kappa shape index (κ1) is 14.4. The van der Waals surface area contributed by atoms with Gasteiger partial charge in [-0.25, -0.2) is 4.98 Å². The van der Waals surface area contributed by atoms with Gasteiger partial charge in [-0.1, -0.05) is 30.3 Å². The quantitative estimate of drug-likeness (QED) is 0.357. The van der Waals surface area contributed by atoms with Gasteiger partial charge in [-0.3, -0.25) is 0 Å². The van der Waals surface area contributed by atoms with Crippen LogP contribution in [0.15, 0.2) is 67.0 Å². The third-order valence-electron chi connectivity index (χ3n) is 3.40. The van der Waals surface area contributed by atoms with Crippen molar-refractivity contribution < 1.29 is 28.5 Å². The molecule has 21 heavy (non-hydrogen) atoms. The number of aromatic nitrogens is 2. The summed E-state index contributed by atoms with van der Waals surface area (Å²) in [5.41, 5.74) is 1.09. The zero-order valence-corrected chi connectivity index (χ0v) is 14.2. The topological polar surface area (TPSA) is 16.8 Å². The number of hydrogen-bond acceptors (Lipinski definition) is 2. The maximum Gasteiger partial charge on any atom is 0.199 e. The fraction of sp³-hybridized carbons (Fsp3) is 0.0588. The number of halogens is 1. The number of hydrogen-bond donors (Lipinski definition) is 0. The highest BCUT2D eigenvalue weighted by molar-refractivity contribution is 7.18. The van der Waals surface area contributed by atoms with Gasteiger partial charge in [0.1, 0.15) is 0 Å². The van der Waals surface area contributed by atoms with Crippen LogP contribution in [0.3, 0.4) is 0 Å². The van der Waals surface area contributed by atoms with Gasteiger partial charge in [0, 0.05) is 11.5 Å². The van der Waals surface area contributed by atoms with Crippen molar-refractivity contribution in [3.8, 4) is 0 Å². The first-order valence-corrected chi connectivity index (χ1v) is 7.42. The summed E-state index contributed by atoms with van der Waals surface area (Å²) in [6.45, 7) is 0.824. The van der Waals surface area contributed by atoms with Gasteiger partial charge < -0.3 is 24.0 Å². The summed E-state index contributed by atoms with van der Waals surface area (Å²) < 4.78 is 3.45. The van der Waals surface area contributed by atoms with Crippen LogP contribution in [0.4, 0.5) is 0 Å². The molecule has 4 heteroatoms. The number of thiazole rings is 1. The van der Waals surface area contributed by atoms with E-state index in [1.54, 1.807) is 11.3 Å². The van der Waals surface area contributed by atoms with E-state index in [4.69, 9.17) is 0 Å². The average Bonchev–Trinajstić information content (AvgIpc) is 2.89. The second-order valence-electron chi connectivity index (χ2n) is 4.82. The molecule has 104 valence electrons. The molecule has 4 aromatic rings. The zero-order chi connectivity index (χ0) is 13.4. The Balaban J connectivity index is 0.00000132. The predicted molar refractivity (Wildman–Crippen MR) is 82.9 cm³/mol. The molecule has 0 N–H and O–H groups in total. The van der Waals surface area contributed by atoms with Crippen molar-refractivity contribution in [3.05, 3.63) is 72.0 Å². The summed E-state index contributed by atoms with van der Waals surface area (Å²) in [6.07, 6.45) is 4.30. The van der Waals surface area contributed by atoms with Crippen molar-refractivity contribution in [3.63, 3.8) is 0 Å². The highest BCUT2D eigenvalue weighted by Crippen LogP contribution is 2.21. The van der Waals surface area contributed by atoms with E-state index in [-0.39, 0.29) is 24.0 Å². The second-order valence-corrected chi connectivity index (χ2v) is 5.94. The van der Waals surface area contributed by atoms with Crippen LogP contribution in [0.5, 0.6) is 0 Å². The maximum atomic E-state index is 4.69. The van der Waals surface area contributed by atoms with Gasteiger partial charge in [-0.2, -0.15) is 4.57 Å². The lowest BCUT2D eigenvalue weighted by molar-refractivity contribution is -0.687. The molecule has 0 radical (unpaired) electrons. The molecule has 0 fully saturated rings.